The van der Waals surface area contributed by atoms with E-state index >= 15 is 0 Å². The molecule has 0 fully saturated rings. The predicted octanol–water partition coefficient (Wildman–Crippen LogP) is 3.11. The highest BCUT2D eigenvalue weighted by Gasteiger charge is 2.09. The topological polar surface area (TPSA) is 29.3 Å². The molecular formula is C10H11ClN2OS. The molecule has 2 rings (SSSR count). The van der Waals surface area contributed by atoms with Gasteiger partial charge in [-0.25, -0.2) is 0 Å². The molecular weight excluding hydrogens is 232 g/mol. The molecule has 2 aromatic rings. The van der Waals surface area contributed by atoms with Crippen LogP contribution in [0.1, 0.15) is 10.6 Å². The first kappa shape index (κ1) is 10.5. The van der Waals surface area contributed by atoms with Gasteiger partial charge in [-0.05, 0) is 11.4 Å². The second-order valence-electron chi connectivity index (χ2n) is 3.19. The third kappa shape index (κ3) is 2.52. The number of halogens is 1. The van der Waals surface area contributed by atoms with Crippen LogP contribution in [0, 0.1) is 0 Å². The minimum atomic E-state index is 0.385. The first-order valence-corrected chi connectivity index (χ1v) is 5.95. The van der Waals surface area contributed by atoms with E-state index in [1.807, 2.05) is 18.0 Å². The number of alkyl halides is 1. The normalized spacial score (nSPS) is 10.5. The molecule has 0 atom stereocenters. The molecule has 80 valence electrons. The number of rotatable bonds is 4. The summed E-state index contributed by atoms with van der Waals surface area (Å²) in [6, 6.07) is 4.74. The zero-order valence-electron chi connectivity index (χ0n) is 8.31. The van der Waals surface area contributed by atoms with Crippen LogP contribution in [0.3, 0.4) is 0 Å². The lowest BCUT2D eigenvalue weighted by Crippen LogP contribution is -2.15. The Labute approximate surface area is 97.3 Å². The lowest BCUT2D eigenvalue weighted by molar-refractivity contribution is 0.545. The molecule has 0 aliphatic heterocycles. The molecule has 0 saturated heterocycles. The predicted molar refractivity (Wildman–Crippen MR) is 62.5 cm³/mol. The highest BCUT2D eigenvalue weighted by atomic mass is 35.5. The molecule has 0 aliphatic rings. The van der Waals surface area contributed by atoms with E-state index in [0.29, 0.717) is 11.9 Å². The third-order valence-corrected chi connectivity index (χ3v) is 3.11. The largest absolute Gasteiger partial charge is 0.432 e. The molecule has 0 unspecified atom stereocenters. The van der Waals surface area contributed by atoms with Gasteiger partial charge in [-0.1, -0.05) is 6.07 Å². The maximum Gasteiger partial charge on any atom is 0.297 e. The van der Waals surface area contributed by atoms with Crippen LogP contribution in [0.15, 0.2) is 28.2 Å². The van der Waals surface area contributed by atoms with Crippen molar-refractivity contribution in [3.63, 3.8) is 0 Å². The maximum atomic E-state index is 5.65. The van der Waals surface area contributed by atoms with Crippen LogP contribution in [-0.2, 0) is 12.4 Å². The zero-order chi connectivity index (χ0) is 10.7. The van der Waals surface area contributed by atoms with E-state index in [9.17, 15) is 0 Å². The van der Waals surface area contributed by atoms with Gasteiger partial charge in [0.2, 0.25) is 0 Å². The van der Waals surface area contributed by atoms with Gasteiger partial charge in [0.05, 0.1) is 18.1 Å². The number of thiophene rings is 1. The molecule has 2 aromatic heterocycles. The highest BCUT2D eigenvalue weighted by molar-refractivity contribution is 7.09. The first-order valence-electron chi connectivity index (χ1n) is 4.53. The Kier molecular flexibility index (Phi) is 3.28. The summed E-state index contributed by atoms with van der Waals surface area (Å²) in [5.74, 6) is 0.385. The van der Waals surface area contributed by atoms with Gasteiger partial charge in [-0.2, -0.15) is 4.98 Å². The smallest absolute Gasteiger partial charge is 0.297 e. The van der Waals surface area contributed by atoms with Crippen LogP contribution in [0.25, 0.3) is 0 Å². The van der Waals surface area contributed by atoms with Crippen molar-refractivity contribution in [3.8, 4) is 0 Å². The number of aromatic nitrogens is 1. The van der Waals surface area contributed by atoms with Gasteiger partial charge >= 0.3 is 0 Å². The summed E-state index contributed by atoms with van der Waals surface area (Å²) in [6.07, 6.45) is 1.59. The highest BCUT2D eigenvalue weighted by Crippen LogP contribution is 2.18. The van der Waals surface area contributed by atoms with E-state index < -0.39 is 0 Å². The molecule has 0 aliphatic carbocycles. The number of nitrogens with zero attached hydrogens (tertiary/aromatic N) is 2. The average Bonchev–Trinajstić information content (AvgIpc) is 2.86. The Morgan fingerprint density at radius 2 is 2.47 bits per heavy atom. The van der Waals surface area contributed by atoms with Gasteiger partial charge in [0.25, 0.3) is 6.01 Å². The van der Waals surface area contributed by atoms with Crippen LogP contribution in [0.2, 0.25) is 0 Å². The van der Waals surface area contributed by atoms with Crippen LogP contribution < -0.4 is 4.90 Å². The molecule has 0 N–H and O–H groups in total. The molecule has 0 spiro atoms. The quantitative estimate of drug-likeness (QED) is 0.772. The maximum absolute atomic E-state index is 5.65. The average molecular weight is 243 g/mol. The second kappa shape index (κ2) is 4.68. The summed E-state index contributed by atoms with van der Waals surface area (Å²) in [7, 11) is 1.95. The summed E-state index contributed by atoms with van der Waals surface area (Å²) in [6.45, 7) is 0.805. The molecule has 5 heteroatoms. The van der Waals surface area contributed by atoms with Crippen LogP contribution in [0.5, 0.6) is 0 Å². The van der Waals surface area contributed by atoms with E-state index in [1.165, 1.54) is 4.88 Å². The molecule has 0 radical (unpaired) electrons. The summed E-state index contributed by atoms with van der Waals surface area (Å²) >= 11 is 7.37. The minimum Gasteiger partial charge on any atom is -0.432 e. The van der Waals surface area contributed by atoms with Gasteiger partial charge in [-0.3, -0.25) is 0 Å². The van der Waals surface area contributed by atoms with Crippen LogP contribution in [-0.4, -0.2) is 12.0 Å². The van der Waals surface area contributed by atoms with Gasteiger partial charge in [0, 0.05) is 11.9 Å². The Bertz CT molecular complexity index is 413. The summed E-state index contributed by atoms with van der Waals surface area (Å²) in [5, 5.41) is 2.06. The Morgan fingerprint density at radius 1 is 1.60 bits per heavy atom. The van der Waals surface area contributed by atoms with Crippen LogP contribution >= 0.6 is 22.9 Å². The molecule has 2 heterocycles. The molecule has 0 amide bonds. The summed E-state index contributed by atoms with van der Waals surface area (Å²) in [4.78, 5) is 7.48. The van der Waals surface area contributed by atoms with E-state index in [0.717, 1.165) is 12.2 Å². The first-order chi connectivity index (χ1) is 7.29. The van der Waals surface area contributed by atoms with Crippen molar-refractivity contribution in [1.29, 1.82) is 0 Å². The monoisotopic (exact) mass is 242 g/mol. The number of hydrogen-bond donors (Lipinski definition) is 0. The molecule has 0 saturated carbocycles. The molecule has 3 nitrogen and oxygen atoms in total. The van der Waals surface area contributed by atoms with E-state index in [4.69, 9.17) is 16.0 Å². The van der Waals surface area contributed by atoms with Crippen molar-refractivity contribution in [2.24, 2.45) is 0 Å². The molecule has 0 bridgehead atoms. The molecule has 0 aromatic carbocycles. The van der Waals surface area contributed by atoms with Crippen molar-refractivity contribution >= 4 is 29.0 Å². The lowest BCUT2D eigenvalue weighted by atomic mass is 10.4. The van der Waals surface area contributed by atoms with Gasteiger partial charge < -0.3 is 9.32 Å². The Morgan fingerprint density at radius 3 is 3.07 bits per heavy atom. The van der Waals surface area contributed by atoms with Crippen molar-refractivity contribution in [1.82, 2.24) is 4.98 Å². The Hall–Kier alpha value is -1.00. The number of hydrogen-bond acceptors (Lipinski definition) is 4. The fourth-order valence-electron chi connectivity index (χ4n) is 1.24. The van der Waals surface area contributed by atoms with Crippen molar-refractivity contribution < 1.29 is 4.42 Å². The third-order valence-electron chi connectivity index (χ3n) is 1.98. The van der Waals surface area contributed by atoms with Gasteiger partial charge in [0.1, 0.15) is 6.26 Å². The fraction of sp³-hybridized carbons (Fsp3) is 0.300. The second-order valence-corrected chi connectivity index (χ2v) is 4.49. The van der Waals surface area contributed by atoms with Gasteiger partial charge in [-0.15, -0.1) is 22.9 Å². The molecule has 15 heavy (non-hydrogen) atoms. The van der Waals surface area contributed by atoms with Crippen molar-refractivity contribution in [2.45, 2.75) is 12.4 Å². The fourth-order valence-corrected chi connectivity index (χ4v) is 2.12. The van der Waals surface area contributed by atoms with E-state index in [1.54, 1.807) is 17.6 Å². The lowest BCUT2D eigenvalue weighted by Gasteiger charge is -2.12. The number of oxazole rings is 1. The zero-order valence-corrected chi connectivity index (χ0v) is 9.88. The minimum absolute atomic E-state index is 0.385. The van der Waals surface area contributed by atoms with E-state index in [2.05, 4.69) is 16.4 Å². The summed E-state index contributed by atoms with van der Waals surface area (Å²) in [5.41, 5.74) is 0.768. The van der Waals surface area contributed by atoms with Crippen molar-refractivity contribution in [2.75, 3.05) is 11.9 Å². The van der Waals surface area contributed by atoms with E-state index in [-0.39, 0.29) is 0 Å². The van der Waals surface area contributed by atoms with Crippen molar-refractivity contribution in [3.05, 3.63) is 34.3 Å². The SMILES string of the molecule is CN(Cc1cccs1)c1nc(CCl)co1. The summed E-state index contributed by atoms with van der Waals surface area (Å²) < 4.78 is 5.30. The Balaban J connectivity index is 2.04. The van der Waals surface area contributed by atoms with Crippen LogP contribution in [0.4, 0.5) is 6.01 Å². The number of anilines is 1. The standard InChI is InChI=1S/C10H11ClN2OS/c1-13(6-9-3-2-4-15-9)10-12-8(5-11)7-14-10/h2-4,7H,5-6H2,1H3. The van der Waals surface area contributed by atoms with Gasteiger partial charge in [0.15, 0.2) is 0 Å².